The Bertz CT molecular complexity index is 977. The standard InChI is InChI=1S/C20H25N5O6/c1-19(2,3)30-17(27)22-12-7-9(21)6-10-15-20(10,12)31-18(28)25(15)13-5-4-11-16(23-13)24-14(26)8-29-11/h4-5,9-10,12,15H,6-8,21H2,1-3H3,(H,22,27)(H,23,24,26)/t9-,10?,12+,15?,20-/m0/s1. The second-order valence-corrected chi connectivity index (χ2v) is 9.43. The number of hydrogen-bond donors (Lipinski definition) is 3. The first-order valence-electron chi connectivity index (χ1n) is 10.3. The van der Waals surface area contributed by atoms with Crippen molar-refractivity contribution < 1.29 is 28.6 Å². The predicted molar refractivity (Wildman–Crippen MR) is 108 cm³/mol. The normalized spacial score (nSPS) is 33.2. The molecular weight excluding hydrogens is 406 g/mol. The number of hydrogen-bond acceptors (Lipinski definition) is 8. The third kappa shape index (κ3) is 3.14. The number of carbonyl (C=O) groups is 3. The number of nitrogens with zero attached hydrogens (tertiary/aromatic N) is 2. The van der Waals surface area contributed by atoms with Gasteiger partial charge in [0.2, 0.25) is 0 Å². The third-order valence-electron chi connectivity index (χ3n) is 6.09. The molecule has 0 aromatic carbocycles. The molecule has 1 saturated heterocycles. The van der Waals surface area contributed by atoms with Crippen LogP contribution in [0.5, 0.6) is 5.75 Å². The van der Waals surface area contributed by atoms with Crippen molar-refractivity contribution in [3.05, 3.63) is 12.1 Å². The maximum absolute atomic E-state index is 12.8. The molecule has 1 spiro atoms. The number of aromatic nitrogens is 1. The quantitative estimate of drug-likeness (QED) is 0.632. The highest BCUT2D eigenvalue weighted by molar-refractivity contribution is 5.96. The predicted octanol–water partition coefficient (Wildman–Crippen LogP) is 1.12. The molecule has 5 atom stereocenters. The molecule has 3 amide bonds. The molecule has 11 nitrogen and oxygen atoms in total. The molecule has 1 aromatic heterocycles. The van der Waals surface area contributed by atoms with E-state index >= 15 is 0 Å². The van der Waals surface area contributed by atoms with Gasteiger partial charge in [-0.05, 0) is 45.7 Å². The summed E-state index contributed by atoms with van der Waals surface area (Å²) in [6, 6.07) is 2.36. The van der Waals surface area contributed by atoms with Crippen LogP contribution < -0.4 is 26.0 Å². The lowest BCUT2D eigenvalue weighted by molar-refractivity contribution is -0.118. The number of carbonyl (C=O) groups excluding carboxylic acids is 3. The van der Waals surface area contributed by atoms with Gasteiger partial charge in [-0.1, -0.05) is 0 Å². The summed E-state index contributed by atoms with van der Waals surface area (Å²) in [6.45, 7) is 5.26. The summed E-state index contributed by atoms with van der Waals surface area (Å²) in [5, 5.41) is 5.51. The van der Waals surface area contributed by atoms with Crippen molar-refractivity contribution in [2.24, 2.45) is 11.7 Å². The van der Waals surface area contributed by atoms with E-state index in [0.29, 0.717) is 24.4 Å². The SMILES string of the molecule is CC(C)(C)OC(=O)N[C@@H]1C[C@@H](N)CC2C3N(c4ccc5c(n4)NC(=O)CO5)C(=O)O[C@]231. The number of rotatable bonds is 2. The van der Waals surface area contributed by atoms with Crippen molar-refractivity contribution in [2.45, 2.75) is 62.9 Å². The minimum Gasteiger partial charge on any atom is -0.480 e. The fraction of sp³-hybridized carbons (Fsp3) is 0.600. The maximum Gasteiger partial charge on any atom is 0.416 e. The topological polar surface area (TPSA) is 145 Å². The Morgan fingerprint density at radius 1 is 1.35 bits per heavy atom. The first kappa shape index (κ1) is 19.9. The van der Waals surface area contributed by atoms with E-state index in [9.17, 15) is 14.4 Å². The van der Waals surface area contributed by atoms with E-state index < -0.39 is 29.4 Å². The van der Waals surface area contributed by atoms with Crippen LogP contribution in [0, 0.1) is 5.92 Å². The van der Waals surface area contributed by atoms with Crippen LogP contribution in [-0.4, -0.2) is 59.0 Å². The van der Waals surface area contributed by atoms with E-state index in [-0.39, 0.29) is 36.3 Å². The molecule has 31 heavy (non-hydrogen) atoms. The smallest absolute Gasteiger partial charge is 0.416 e. The van der Waals surface area contributed by atoms with Gasteiger partial charge in [0, 0.05) is 12.0 Å². The number of ether oxygens (including phenoxy) is 3. The fourth-order valence-corrected chi connectivity index (χ4v) is 4.97. The molecule has 0 bridgehead atoms. The number of anilines is 2. The highest BCUT2D eigenvalue weighted by Crippen LogP contribution is 2.63. The number of alkyl carbamates (subject to hydrolysis) is 1. The average Bonchev–Trinajstić information content (AvgIpc) is 3.15. The fourth-order valence-electron chi connectivity index (χ4n) is 4.97. The second kappa shape index (κ2) is 6.46. The molecule has 166 valence electrons. The highest BCUT2D eigenvalue weighted by atomic mass is 16.6. The molecule has 3 fully saturated rings. The molecule has 11 heteroatoms. The van der Waals surface area contributed by atoms with E-state index in [1.807, 2.05) is 0 Å². The monoisotopic (exact) mass is 431 g/mol. The second-order valence-electron chi connectivity index (χ2n) is 9.43. The van der Waals surface area contributed by atoms with Gasteiger partial charge in [0.05, 0.1) is 12.1 Å². The van der Waals surface area contributed by atoms with Crippen LogP contribution in [0.4, 0.5) is 21.2 Å². The van der Waals surface area contributed by atoms with Crippen LogP contribution in [0.15, 0.2) is 12.1 Å². The van der Waals surface area contributed by atoms with Gasteiger partial charge in [0.1, 0.15) is 11.4 Å². The Hall–Kier alpha value is -3.08. The summed E-state index contributed by atoms with van der Waals surface area (Å²) in [7, 11) is 0. The van der Waals surface area contributed by atoms with Gasteiger partial charge >= 0.3 is 12.2 Å². The van der Waals surface area contributed by atoms with E-state index in [1.54, 1.807) is 32.9 Å². The zero-order valence-corrected chi connectivity index (χ0v) is 17.5. The van der Waals surface area contributed by atoms with Crippen molar-refractivity contribution >= 4 is 29.7 Å². The van der Waals surface area contributed by atoms with Crippen LogP contribution in [0.25, 0.3) is 0 Å². The van der Waals surface area contributed by atoms with Crippen LogP contribution >= 0.6 is 0 Å². The van der Waals surface area contributed by atoms with Gasteiger partial charge in [-0.25, -0.2) is 14.6 Å². The Morgan fingerprint density at radius 2 is 2.13 bits per heavy atom. The molecule has 3 heterocycles. The molecule has 5 rings (SSSR count). The molecule has 2 unspecified atom stereocenters. The Kier molecular flexibility index (Phi) is 4.14. The lowest BCUT2D eigenvalue weighted by Gasteiger charge is -2.33. The van der Waals surface area contributed by atoms with Gasteiger partial charge in [-0.3, -0.25) is 9.69 Å². The Labute approximate surface area is 178 Å². The van der Waals surface area contributed by atoms with Crippen LogP contribution in [0.3, 0.4) is 0 Å². The summed E-state index contributed by atoms with van der Waals surface area (Å²) < 4.78 is 16.6. The van der Waals surface area contributed by atoms with E-state index in [1.165, 1.54) is 4.90 Å². The first-order valence-corrected chi connectivity index (χ1v) is 10.3. The van der Waals surface area contributed by atoms with Gasteiger partial charge in [0.15, 0.2) is 23.8 Å². The number of fused-ring (bicyclic) bond motifs is 2. The lowest BCUT2D eigenvalue weighted by Crippen LogP contribution is -2.54. The minimum absolute atomic E-state index is 0.0439. The molecule has 2 aliphatic carbocycles. The van der Waals surface area contributed by atoms with Crippen molar-refractivity contribution in [1.82, 2.24) is 10.3 Å². The van der Waals surface area contributed by atoms with Crippen LogP contribution in [0.1, 0.15) is 33.6 Å². The van der Waals surface area contributed by atoms with Crippen LogP contribution in [0.2, 0.25) is 0 Å². The molecular formula is C20H25N5O6. The summed E-state index contributed by atoms with van der Waals surface area (Å²) in [5.74, 6) is 0.676. The van der Waals surface area contributed by atoms with Crippen molar-refractivity contribution in [3.63, 3.8) is 0 Å². The molecule has 0 radical (unpaired) electrons. The summed E-state index contributed by atoms with van der Waals surface area (Å²) in [5.41, 5.74) is 4.71. The van der Waals surface area contributed by atoms with E-state index in [4.69, 9.17) is 19.9 Å². The summed E-state index contributed by atoms with van der Waals surface area (Å²) >= 11 is 0. The minimum atomic E-state index is -0.874. The molecule has 2 aliphatic heterocycles. The van der Waals surface area contributed by atoms with E-state index in [2.05, 4.69) is 15.6 Å². The van der Waals surface area contributed by atoms with Crippen molar-refractivity contribution in [2.75, 3.05) is 16.8 Å². The average molecular weight is 431 g/mol. The summed E-state index contributed by atoms with van der Waals surface area (Å²) in [6.07, 6.45) is -0.00416. The summed E-state index contributed by atoms with van der Waals surface area (Å²) in [4.78, 5) is 42.7. The van der Waals surface area contributed by atoms with Gasteiger partial charge in [0.25, 0.3) is 5.91 Å². The zero-order chi connectivity index (χ0) is 22.1. The maximum atomic E-state index is 12.8. The van der Waals surface area contributed by atoms with Crippen molar-refractivity contribution in [3.8, 4) is 5.75 Å². The molecule has 4 aliphatic rings. The number of nitrogens with two attached hydrogens (primary N) is 1. The lowest BCUT2D eigenvalue weighted by atomic mass is 9.89. The number of amides is 3. The zero-order valence-electron chi connectivity index (χ0n) is 17.5. The number of pyridine rings is 1. The highest BCUT2D eigenvalue weighted by Gasteiger charge is 2.81. The third-order valence-corrected chi connectivity index (χ3v) is 6.09. The molecule has 1 aromatic rings. The van der Waals surface area contributed by atoms with Gasteiger partial charge in [-0.15, -0.1) is 0 Å². The Morgan fingerprint density at radius 3 is 2.87 bits per heavy atom. The molecule has 4 N–H and O–H groups in total. The van der Waals surface area contributed by atoms with Crippen molar-refractivity contribution in [1.29, 1.82) is 0 Å². The number of nitrogens with one attached hydrogen (secondary N) is 2. The first-order chi connectivity index (χ1) is 14.6. The Balaban J connectivity index is 1.42. The van der Waals surface area contributed by atoms with Crippen LogP contribution in [-0.2, 0) is 14.3 Å². The van der Waals surface area contributed by atoms with E-state index in [0.717, 1.165) is 0 Å². The molecule has 2 saturated carbocycles. The van der Waals surface area contributed by atoms with Gasteiger partial charge < -0.3 is 30.6 Å². The van der Waals surface area contributed by atoms with Gasteiger partial charge in [-0.2, -0.15) is 0 Å². The largest absolute Gasteiger partial charge is 0.480 e.